The number of rotatable bonds is 3. The normalized spacial score (nSPS) is 13.0. The van der Waals surface area contributed by atoms with Crippen LogP contribution in [0.1, 0.15) is 29.8 Å². The minimum Gasteiger partial charge on any atom is -0.348 e. The van der Waals surface area contributed by atoms with Crippen molar-refractivity contribution in [2.45, 2.75) is 19.3 Å². The van der Waals surface area contributed by atoms with E-state index in [2.05, 4.69) is 34.4 Å². The Morgan fingerprint density at radius 3 is 3.08 bits per heavy atom. The van der Waals surface area contributed by atoms with Crippen LogP contribution in [0, 0.1) is 0 Å². The average Bonchev–Trinajstić information content (AvgIpc) is 2.76. The molecule has 2 aromatic rings. The Morgan fingerprint density at radius 2 is 2.54 bits per heavy atom. The van der Waals surface area contributed by atoms with Crippen molar-refractivity contribution < 1.29 is 0 Å². The molecule has 2 aromatic heterocycles. The molecule has 0 radical (unpaired) electrons. The summed E-state index contributed by atoms with van der Waals surface area (Å²) in [6, 6.07) is 4.28. The van der Waals surface area contributed by atoms with Crippen molar-refractivity contribution in [1.29, 1.82) is 0 Å². The zero-order valence-corrected chi connectivity index (χ0v) is 8.34. The molecule has 1 N–H and O–H groups in total. The molecule has 0 aromatic carbocycles. The molecule has 13 heavy (non-hydrogen) atoms. The van der Waals surface area contributed by atoms with Crippen molar-refractivity contribution >= 4 is 11.3 Å². The Morgan fingerprint density at radius 1 is 1.62 bits per heavy atom. The molecule has 0 aliphatic heterocycles. The zero-order valence-electron chi connectivity index (χ0n) is 7.53. The van der Waals surface area contributed by atoms with E-state index in [-0.39, 0.29) is 0 Å². The SMILES string of the molecule is CCC(c1cnc[nH]1)c1cccs1. The predicted octanol–water partition coefficient (Wildman–Crippen LogP) is 3.01. The van der Waals surface area contributed by atoms with E-state index in [1.807, 2.05) is 6.20 Å². The van der Waals surface area contributed by atoms with Crippen LogP contribution in [0.3, 0.4) is 0 Å². The van der Waals surface area contributed by atoms with Crippen LogP contribution in [0.5, 0.6) is 0 Å². The monoisotopic (exact) mass is 192 g/mol. The van der Waals surface area contributed by atoms with Gasteiger partial charge < -0.3 is 4.98 Å². The van der Waals surface area contributed by atoms with Gasteiger partial charge in [-0.2, -0.15) is 0 Å². The van der Waals surface area contributed by atoms with Crippen molar-refractivity contribution in [3.8, 4) is 0 Å². The van der Waals surface area contributed by atoms with E-state index >= 15 is 0 Å². The molecule has 0 saturated carbocycles. The quantitative estimate of drug-likeness (QED) is 0.795. The van der Waals surface area contributed by atoms with E-state index < -0.39 is 0 Å². The lowest BCUT2D eigenvalue weighted by molar-refractivity contribution is 0.769. The molecule has 2 heterocycles. The molecule has 2 nitrogen and oxygen atoms in total. The van der Waals surface area contributed by atoms with Gasteiger partial charge in [0.25, 0.3) is 0 Å². The lowest BCUT2D eigenvalue weighted by Gasteiger charge is -2.09. The molecule has 0 saturated heterocycles. The summed E-state index contributed by atoms with van der Waals surface area (Å²) in [5, 5.41) is 2.12. The topological polar surface area (TPSA) is 28.7 Å². The third kappa shape index (κ3) is 1.65. The minimum absolute atomic E-state index is 0.488. The van der Waals surface area contributed by atoms with E-state index in [0.717, 1.165) is 6.42 Å². The standard InChI is InChI=1S/C10H12N2S/c1-2-8(9-6-11-7-12-9)10-4-3-5-13-10/h3-8H,2H2,1H3,(H,11,12). The Labute approximate surface area is 81.7 Å². The summed E-state index contributed by atoms with van der Waals surface area (Å²) < 4.78 is 0. The highest BCUT2D eigenvalue weighted by atomic mass is 32.1. The number of thiophene rings is 1. The van der Waals surface area contributed by atoms with Crippen molar-refractivity contribution in [1.82, 2.24) is 9.97 Å². The molecule has 1 atom stereocenters. The predicted molar refractivity (Wildman–Crippen MR) is 55.0 cm³/mol. The molecule has 0 bridgehead atoms. The van der Waals surface area contributed by atoms with Gasteiger partial charge in [0.05, 0.1) is 6.33 Å². The lowest BCUT2D eigenvalue weighted by atomic mass is 10.0. The average molecular weight is 192 g/mol. The second-order valence-electron chi connectivity index (χ2n) is 2.98. The van der Waals surface area contributed by atoms with Gasteiger partial charge >= 0.3 is 0 Å². The van der Waals surface area contributed by atoms with Crippen molar-refractivity contribution in [3.05, 3.63) is 40.6 Å². The third-order valence-electron chi connectivity index (χ3n) is 2.19. The van der Waals surface area contributed by atoms with Crippen LogP contribution in [-0.4, -0.2) is 9.97 Å². The highest BCUT2D eigenvalue weighted by molar-refractivity contribution is 7.10. The summed E-state index contributed by atoms with van der Waals surface area (Å²) in [6.07, 6.45) is 4.77. The van der Waals surface area contributed by atoms with Gasteiger partial charge in [-0.3, -0.25) is 0 Å². The molecular formula is C10H12N2S. The number of imidazole rings is 1. The largest absolute Gasteiger partial charge is 0.348 e. The van der Waals surface area contributed by atoms with Gasteiger partial charge in [-0.25, -0.2) is 4.98 Å². The molecule has 0 amide bonds. The second kappa shape index (κ2) is 3.75. The van der Waals surface area contributed by atoms with Crippen LogP contribution in [0.15, 0.2) is 30.0 Å². The summed E-state index contributed by atoms with van der Waals surface area (Å²) in [4.78, 5) is 8.63. The van der Waals surface area contributed by atoms with E-state index in [0.29, 0.717) is 5.92 Å². The number of hydrogen-bond donors (Lipinski definition) is 1. The van der Waals surface area contributed by atoms with Gasteiger partial charge in [-0.05, 0) is 17.9 Å². The maximum Gasteiger partial charge on any atom is 0.0921 e. The fourth-order valence-corrected chi connectivity index (χ4v) is 2.45. The number of aromatic nitrogens is 2. The molecule has 0 spiro atoms. The molecule has 68 valence electrons. The summed E-state index contributed by atoms with van der Waals surface area (Å²) >= 11 is 1.81. The van der Waals surface area contributed by atoms with E-state index in [1.54, 1.807) is 17.7 Å². The van der Waals surface area contributed by atoms with Crippen molar-refractivity contribution in [3.63, 3.8) is 0 Å². The Kier molecular flexibility index (Phi) is 2.45. The Bertz CT molecular complexity index is 303. The number of nitrogens with one attached hydrogen (secondary N) is 1. The third-order valence-corrected chi connectivity index (χ3v) is 3.18. The van der Waals surface area contributed by atoms with Crippen LogP contribution >= 0.6 is 11.3 Å². The zero-order chi connectivity index (χ0) is 9.10. The summed E-state index contributed by atoms with van der Waals surface area (Å²) in [5.74, 6) is 0.488. The summed E-state index contributed by atoms with van der Waals surface area (Å²) in [7, 11) is 0. The van der Waals surface area contributed by atoms with Gasteiger partial charge in [0.1, 0.15) is 0 Å². The summed E-state index contributed by atoms with van der Waals surface area (Å²) in [5.41, 5.74) is 1.21. The molecule has 0 aliphatic rings. The van der Waals surface area contributed by atoms with E-state index in [1.165, 1.54) is 10.6 Å². The fourth-order valence-electron chi connectivity index (χ4n) is 1.52. The van der Waals surface area contributed by atoms with Gasteiger partial charge in [0.2, 0.25) is 0 Å². The van der Waals surface area contributed by atoms with E-state index in [9.17, 15) is 0 Å². The van der Waals surface area contributed by atoms with Gasteiger partial charge in [-0.1, -0.05) is 13.0 Å². The lowest BCUT2D eigenvalue weighted by Crippen LogP contribution is -1.96. The minimum atomic E-state index is 0.488. The van der Waals surface area contributed by atoms with Crippen LogP contribution in [0.25, 0.3) is 0 Å². The van der Waals surface area contributed by atoms with Crippen LogP contribution in [0.2, 0.25) is 0 Å². The van der Waals surface area contributed by atoms with E-state index in [4.69, 9.17) is 0 Å². The van der Waals surface area contributed by atoms with Gasteiger partial charge in [-0.15, -0.1) is 11.3 Å². The smallest absolute Gasteiger partial charge is 0.0921 e. The molecule has 1 unspecified atom stereocenters. The van der Waals surface area contributed by atoms with Crippen molar-refractivity contribution in [2.24, 2.45) is 0 Å². The highest BCUT2D eigenvalue weighted by Crippen LogP contribution is 2.29. The maximum absolute atomic E-state index is 4.05. The molecule has 0 aliphatic carbocycles. The van der Waals surface area contributed by atoms with Crippen LogP contribution in [0.4, 0.5) is 0 Å². The first-order valence-electron chi connectivity index (χ1n) is 4.43. The molecule has 0 fully saturated rings. The first-order valence-corrected chi connectivity index (χ1v) is 5.31. The Balaban J connectivity index is 2.29. The van der Waals surface area contributed by atoms with Crippen LogP contribution in [-0.2, 0) is 0 Å². The first-order chi connectivity index (χ1) is 6.42. The molecule has 2 rings (SSSR count). The van der Waals surface area contributed by atoms with Gasteiger partial charge in [0, 0.05) is 22.7 Å². The number of hydrogen-bond acceptors (Lipinski definition) is 2. The first kappa shape index (κ1) is 8.51. The maximum atomic E-state index is 4.05. The number of aromatic amines is 1. The number of nitrogens with zero attached hydrogens (tertiary/aromatic N) is 1. The Hall–Kier alpha value is -1.09. The fraction of sp³-hybridized carbons (Fsp3) is 0.300. The highest BCUT2D eigenvalue weighted by Gasteiger charge is 2.13. The molecule has 3 heteroatoms. The van der Waals surface area contributed by atoms with Gasteiger partial charge in [0.15, 0.2) is 0 Å². The van der Waals surface area contributed by atoms with Crippen LogP contribution < -0.4 is 0 Å². The number of H-pyrrole nitrogens is 1. The summed E-state index contributed by atoms with van der Waals surface area (Å²) in [6.45, 7) is 2.20. The molecular weight excluding hydrogens is 180 g/mol. The van der Waals surface area contributed by atoms with Crippen molar-refractivity contribution in [2.75, 3.05) is 0 Å². The second-order valence-corrected chi connectivity index (χ2v) is 3.96.